The summed E-state index contributed by atoms with van der Waals surface area (Å²) in [6.45, 7) is 1.74. The highest BCUT2D eigenvalue weighted by molar-refractivity contribution is 5.37. The van der Waals surface area contributed by atoms with Crippen molar-refractivity contribution in [1.82, 2.24) is 10.2 Å². The lowest BCUT2D eigenvalue weighted by molar-refractivity contribution is 0.154. The number of piperidine rings is 1. The number of β-amino-alcohol motifs (C(OH)–C–C–N with tert-alkyl or cyclic N) is 1. The van der Waals surface area contributed by atoms with E-state index in [1.165, 1.54) is 0 Å². The fourth-order valence-corrected chi connectivity index (χ4v) is 1.60. The van der Waals surface area contributed by atoms with Gasteiger partial charge in [-0.05, 0) is 12.8 Å². The molecular weight excluding hydrogens is 154 g/mol. The second kappa shape index (κ2) is 3.15. The molecule has 0 radical (unpaired) electrons. The summed E-state index contributed by atoms with van der Waals surface area (Å²) in [4.78, 5) is 2.13. The molecule has 1 fully saturated rings. The summed E-state index contributed by atoms with van der Waals surface area (Å²) in [5.74, 6) is 1.01. The summed E-state index contributed by atoms with van der Waals surface area (Å²) in [6, 6.07) is 1.93. The van der Waals surface area contributed by atoms with Gasteiger partial charge >= 0.3 is 0 Å². The van der Waals surface area contributed by atoms with Crippen molar-refractivity contribution in [2.45, 2.75) is 18.9 Å². The summed E-state index contributed by atoms with van der Waals surface area (Å²) >= 11 is 0. The molecule has 2 N–H and O–H groups in total. The van der Waals surface area contributed by atoms with Gasteiger partial charge in [0.2, 0.25) is 0 Å². The van der Waals surface area contributed by atoms with Gasteiger partial charge < -0.3 is 10.0 Å². The highest BCUT2D eigenvalue weighted by atomic mass is 16.3. The Morgan fingerprint density at radius 3 is 3.25 bits per heavy atom. The Morgan fingerprint density at radius 2 is 2.58 bits per heavy atom. The maximum Gasteiger partial charge on any atom is 0.124 e. The first-order valence-corrected chi connectivity index (χ1v) is 4.28. The predicted molar refractivity (Wildman–Crippen MR) is 46.0 cm³/mol. The van der Waals surface area contributed by atoms with Gasteiger partial charge in [-0.15, -0.1) is 0 Å². The van der Waals surface area contributed by atoms with E-state index >= 15 is 0 Å². The van der Waals surface area contributed by atoms with Gasteiger partial charge in [-0.2, -0.15) is 5.10 Å². The molecule has 66 valence electrons. The van der Waals surface area contributed by atoms with Crippen molar-refractivity contribution in [3.05, 3.63) is 12.3 Å². The van der Waals surface area contributed by atoms with Gasteiger partial charge in [-0.25, -0.2) is 0 Å². The molecule has 1 aliphatic heterocycles. The molecule has 0 saturated carbocycles. The molecule has 1 atom stereocenters. The lowest BCUT2D eigenvalue weighted by Crippen LogP contribution is -2.38. The Kier molecular flexibility index (Phi) is 1.99. The third-order valence-electron chi connectivity index (χ3n) is 2.22. The minimum Gasteiger partial charge on any atom is -0.391 e. The van der Waals surface area contributed by atoms with Crippen LogP contribution in [0.4, 0.5) is 5.82 Å². The van der Waals surface area contributed by atoms with Crippen molar-refractivity contribution in [3.8, 4) is 0 Å². The molecule has 2 heterocycles. The van der Waals surface area contributed by atoms with Crippen molar-refractivity contribution in [2.24, 2.45) is 0 Å². The van der Waals surface area contributed by atoms with Crippen LogP contribution >= 0.6 is 0 Å². The van der Waals surface area contributed by atoms with E-state index in [9.17, 15) is 5.11 Å². The van der Waals surface area contributed by atoms with Crippen LogP contribution < -0.4 is 4.90 Å². The first-order valence-electron chi connectivity index (χ1n) is 4.28. The van der Waals surface area contributed by atoms with Crippen LogP contribution in [0.1, 0.15) is 12.8 Å². The molecule has 1 aliphatic rings. The van der Waals surface area contributed by atoms with Gasteiger partial charge in [-0.3, -0.25) is 5.10 Å². The van der Waals surface area contributed by atoms with Gasteiger partial charge in [0.1, 0.15) is 5.82 Å². The van der Waals surface area contributed by atoms with Crippen molar-refractivity contribution in [2.75, 3.05) is 18.0 Å². The highest BCUT2D eigenvalue weighted by Gasteiger charge is 2.18. The Hall–Kier alpha value is -1.03. The number of hydrogen-bond donors (Lipinski definition) is 2. The highest BCUT2D eigenvalue weighted by Crippen LogP contribution is 2.16. The number of H-pyrrole nitrogens is 1. The van der Waals surface area contributed by atoms with E-state index in [-0.39, 0.29) is 6.10 Å². The topological polar surface area (TPSA) is 52.1 Å². The quantitative estimate of drug-likeness (QED) is 0.635. The summed E-state index contributed by atoms with van der Waals surface area (Å²) < 4.78 is 0. The van der Waals surface area contributed by atoms with Crippen molar-refractivity contribution in [1.29, 1.82) is 0 Å². The number of hydrogen-bond acceptors (Lipinski definition) is 3. The third-order valence-corrected chi connectivity index (χ3v) is 2.22. The van der Waals surface area contributed by atoms with Crippen LogP contribution in [0.2, 0.25) is 0 Å². The molecule has 1 saturated heterocycles. The van der Waals surface area contributed by atoms with E-state index in [0.717, 1.165) is 31.7 Å². The summed E-state index contributed by atoms with van der Waals surface area (Å²) in [5.41, 5.74) is 0. The lowest BCUT2D eigenvalue weighted by atomic mass is 10.1. The van der Waals surface area contributed by atoms with E-state index in [2.05, 4.69) is 15.1 Å². The molecule has 4 nitrogen and oxygen atoms in total. The van der Waals surface area contributed by atoms with E-state index < -0.39 is 0 Å². The average molecular weight is 167 g/mol. The maximum atomic E-state index is 9.40. The van der Waals surface area contributed by atoms with Crippen LogP contribution in [0.25, 0.3) is 0 Å². The van der Waals surface area contributed by atoms with Crippen LogP contribution in [0.3, 0.4) is 0 Å². The molecule has 1 aromatic rings. The van der Waals surface area contributed by atoms with E-state index in [1.807, 2.05) is 6.07 Å². The standard InChI is InChI=1S/C8H13N3O/c12-7-2-1-5-11(6-7)8-3-4-9-10-8/h3-4,7,12H,1-2,5-6H2,(H,9,10)/t7-/m1/s1. The predicted octanol–water partition coefficient (Wildman–Crippen LogP) is 0.371. The average Bonchev–Trinajstić information content (AvgIpc) is 2.56. The van der Waals surface area contributed by atoms with Gasteiger partial charge in [0.05, 0.1) is 12.3 Å². The number of rotatable bonds is 1. The number of nitrogens with one attached hydrogen (secondary N) is 1. The van der Waals surface area contributed by atoms with Crippen LogP contribution in [0.5, 0.6) is 0 Å². The zero-order valence-corrected chi connectivity index (χ0v) is 6.90. The van der Waals surface area contributed by atoms with Crippen LogP contribution in [-0.2, 0) is 0 Å². The van der Waals surface area contributed by atoms with Crippen molar-refractivity contribution >= 4 is 5.82 Å². The fraction of sp³-hybridized carbons (Fsp3) is 0.625. The molecule has 0 aromatic carbocycles. The Labute approximate surface area is 71.2 Å². The number of aliphatic hydroxyl groups excluding tert-OH is 1. The van der Waals surface area contributed by atoms with E-state index in [4.69, 9.17) is 0 Å². The molecule has 1 aromatic heterocycles. The zero-order chi connectivity index (χ0) is 8.39. The number of nitrogens with zero attached hydrogens (tertiary/aromatic N) is 2. The van der Waals surface area contributed by atoms with Gasteiger partial charge in [-0.1, -0.05) is 0 Å². The molecular formula is C8H13N3O. The monoisotopic (exact) mass is 167 g/mol. The minimum absolute atomic E-state index is 0.179. The molecule has 0 bridgehead atoms. The Balaban J connectivity index is 2.04. The maximum absolute atomic E-state index is 9.40. The second-order valence-electron chi connectivity index (χ2n) is 3.18. The summed E-state index contributed by atoms with van der Waals surface area (Å²) in [7, 11) is 0. The molecule has 0 amide bonds. The fourth-order valence-electron chi connectivity index (χ4n) is 1.60. The largest absolute Gasteiger partial charge is 0.391 e. The first-order chi connectivity index (χ1) is 5.86. The Morgan fingerprint density at radius 1 is 1.67 bits per heavy atom. The summed E-state index contributed by atoms with van der Waals surface area (Å²) in [6.07, 6.45) is 3.53. The molecule has 0 aliphatic carbocycles. The summed E-state index contributed by atoms with van der Waals surface area (Å²) in [5, 5.41) is 16.2. The SMILES string of the molecule is O[C@@H]1CCCN(c2ccn[nH]2)C1. The van der Waals surface area contributed by atoms with E-state index in [1.54, 1.807) is 6.20 Å². The normalized spacial score (nSPS) is 24.4. The first kappa shape index (κ1) is 7.61. The minimum atomic E-state index is -0.179. The molecule has 12 heavy (non-hydrogen) atoms. The smallest absolute Gasteiger partial charge is 0.124 e. The second-order valence-corrected chi connectivity index (χ2v) is 3.18. The van der Waals surface area contributed by atoms with Crippen LogP contribution in [0.15, 0.2) is 12.3 Å². The van der Waals surface area contributed by atoms with Gasteiger partial charge in [0, 0.05) is 19.2 Å². The van der Waals surface area contributed by atoms with Gasteiger partial charge in [0.15, 0.2) is 0 Å². The number of aromatic amines is 1. The van der Waals surface area contributed by atoms with Crippen molar-refractivity contribution in [3.63, 3.8) is 0 Å². The number of aromatic nitrogens is 2. The Bertz CT molecular complexity index is 234. The lowest BCUT2D eigenvalue weighted by Gasteiger charge is -2.30. The zero-order valence-electron chi connectivity index (χ0n) is 6.90. The van der Waals surface area contributed by atoms with Crippen LogP contribution in [0, 0.1) is 0 Å². The number of anilines is 1. The third kappa shape index (κ3) is 1.43. The molecule has 4 heteroatoms. The molecule has 0 spiro atoms. The van der Waals surface area contributed by atoms with Crippen molar-refractivity contribution < 1.29 is 5.11 Å². The molecule has 0 unspecified atom stereocenters. The van der Waals surface area contributed by atoms with Gasteiger partial charge in [0.25, 0.3) is 0 Å². The number of aliphatic hydroxyl groups is 1. The molecule has 2 rings (SSSR count). The van der Waals surface area contributed by atoms with E-state index in [0.29, 0.717) is 0 Å². The van der Waals surface area contributed by atoms with Crippen LogP contribution in [-0.4, -0.2) is 34.5 Å².